The van der Waals surface area contributed by atoms with Crippen molar-refractivity contribution in [2.24, 2.45) is 17.3 Å². The number of carbonyl (C=O) groups excluding carboxylic acids is 2. The lowest BCUT2D eigenvalue weighted by Gasteiger charge is -2.43. The van der Waals surface area contributed by atoms with Gasteiger partial charge >= 0.3 is 0 Å². The molecule has 0 aliphatic carbocycles. The second-order valence-electron chi connectivity index (χ2n) is 13.2. The molecule has 2 aliphatic rings. The number of aliphatic hydroxyl groups excluding tert-OH is 2. The van der Waals surface area contributed by atoms with Crippen molar-refractivity contribution in [1.29, 1.82) is 0 Å². The zero-order valence-electron chi connectivity index (χ0n) is 27.7. The summed E-state index contributed by atoms with van der Waals surface area (Å²) in [5, 5.41) is 21.5. The van der Waals surface area contributed by atoms with Crippen LogP contribution in [0.1, 0.15) is 52.1 Å². The Hall–Kier alpha value is -2.28. The van der Waals surface area contributed by atoms with Crippen molar-refractivity contribution in [3.63, 3.8) is 0 Å². The largest absolute Gasteiger partial charge is 0.497 e. The van der Waals surface area contributed by atoms with Gasteiger partial charge in [0.05, 0.1) is 39.5 Å². The topological polar surface area (TPSA) is 121 Å². The summed E-state index contributed by atoms with van der Waals surface area (Å²) in [5.74, 6) is 0.422. The van der Waals surface area contributed by atoms with E-state index in [4.69, 9.17) is 18.9 Å². The molecule has 2 heterocycles. The Bertz CT molecular complexity index is 1050. The summed E-state index contributed by atoms with van der Waals surface area (Å²) in [7, 11) is 5.06. The van der Waals surface area contributed by atoms with Gasteiger partial charge in [-0.2, -0.15) is 0 Å². The number of hydrogen-bond donors (Lipinski definition) is 2. The van der Waals surface area contributed by atoms with E-state index in [0.29, 0.717) is 51.5 Å². The third-order valence-corrected chi connectivity index (χ3v) is 8.89. The molecule has 11 nitrogen and oxygen atoms in total. The molecular weight excluding hydrogens is 566 g/mol. The standard InChI is InChI=1S/C33H55N3O8/c1-23(2)27-16-35(24(3)37)17-29(42-7)32(40)28(38)19-43-14-9-8-13-36(31(27)25-11-10-12-26(15-25)41-6)30(39)18-34(5)20-33(4)21-44-22-33/h10-12,15,23,27-29,31-32,38,40H,8-9,13-14,16-22H2,1-7H3/t27-,28+,29+,31-,32+/m1/s1. The number of nitrogens with zero attached hydrogens (tertiary/aromatic N) is 3. The third-order valence-electron chi connectivity index (χ3n) is 8.89. The number of ether oxygens (including phenoxy) is 4. The van der Waals surface area contributed by atoms with Crippen molar-refractivity contribution in [2.75, 3.05) is 80.4 Å². The van der Waals surface area contributed by atoms with E-state index in [1.807, 2.05) is 36.2 Å². The number of aliphatic hydroxyl groups is 2. The summed E-state index contributed by atoms with van der Waals surface area (Å²) < 4.78 is 22.3. The average Bonchev–Trinajstić information content (AvgIpc) is 2.97. The zero-order chi connectivity index (χ0) is 32.4. The second-order valence-corrected chi connectivity index (χ2v) is 13.2. The number of methoxy groups -OCH3 is 2. The Morgan fingerprint density at radius 1 is 1.14 bits per heavy atom. The molecule has 3 rings (SSSR count). The molecular formula is C33H55N3O8. The van der Waals surface area contributed by atoms with Crippen molar-refractivity contribution in [2.45, 2.75) is 64.9 Å². The van der Waals surface area contributed by atoms with Crippen LogP contribution in [0.3, 0.4) is 0 Å². The van der Waals surface area contributed by atoms with Crippen molar-refractivity contribution in [3.8, 4) is 5.75 Å². The summed E-state index contributed by atoms with van der Waals surface area (Å²) in [4.78, 5) is 33.1. The van der Waals surface area contributed by atoms with Crippen molar-refractivity contribution < 1.29 is 38.7 Å². The van der Waals surface area contributed by atoms with Gasteiger partial charge < -0.3 is 39.0 Å². The molecule has 1 aromatic rings. The normalized spacial score (nSPS) is 27.4. The molecule has 2 saturated heterocycles. The fraction of sp³-hybridized carbons (Fsp3) is 0.758. The van der Waals surface area contributed by atoms with Gasteiger partial charge in [-0.1, -0.05) is 32.9 Å². The van der Waals surface area contributed by atoms with Crippen LogP contribution < -0.4 is 4.74 Å². The van der Waals surface area contributed by atoms with Crippen LogP contribution >= 0.6 is 0 Å². The Labute approximate surface area is 263 Å². The number of carbonyl (C=O) groups is 2. The highest BCUT2D eigenvalue weighted by Crippen LogP contribution is 2.37. The molecule has 0 bridgehead atoms. The van der Waals surface area contributed by atoms with Gasteiger partial charge in [0.25, 0.3) is 0 Å². The van der Waals surface area contributed by atoms with Crippen LogP contribution in [-0.4, -0.2) is 135 Å². The van der Waals surface area contributed by atoms with E-state index in [1.54, 1.807) is 12.0 Å². The third kappa shape index (κ3) is 9.86. The molecule has 2 fully saturated rings. The van der Waals surface area contributed by atoms with Gasteiger partial charge in [-0.15, -0.1) is 0 Å². The van der Waals surface area contributed by atoms with Gasteiger partial charge in [-0.3, -0.25) is 14.5 Å². The first-order chi connectivity index (χ1) is 20.9. The average molecular weight is 622 g/mol. The lowest BCUT2D eigenvalue weighted by atomic mass is 9.82. The molecule has 5 atom stereocenters. The highest BCUT2D eigenvalue weighted by Gasteiger charge is 2.39. The highest BCUT2D eigenvalue weighted by molar-refractivity contribution is 5.79. The summed E-state index contributed by atoms with van der Waals surface area (Å²) in [6.07, 6.45) is -1.88. The van der Waals surface area contributed by atoms with E-state index in [1.165, 1.54) is 14.0 Å². The molecule has 11 heteroatoms. The first-order valence-electron chi connectivity index (χ1n) is 15.8. The number of hydrogen-bond acceptors (Lipinski definition) is 9. The molecule has 0 aromatic heterocycles. The zero-order valence-corrected chi connectivity index (χ0v) is 27.7. The molecule has 0 spiro atoms. The van der Waals surface area contributed by atoms with E-state index in [0.717, 1.165) is 12.1 Å². The maximum absolute atomic E-state index is 14.3. The van der Waals surface area contributed by atoms with E-state index in [9.17, 15) is 19.8 Å². The van der Waals surface area contributed by atoms with Gasteiger partial charge in [0.2, 0.25) is 11.8 Å². The Morgan fingerprint density at radius 2 is 1.86 bits per heavy atom. The predicted octanol–water partition coefficient (Wildman–Crippen LogP) is 2.20. The molecule has 0 unspecified atom stereocenters. The Kier molecular flexibility index (Phi) is 13.9. The SMILES string of the molecule is COc1cccc([C@@H]2[C@@H](C(C)C)CN(C(C)=O)C[C@H](OC)[C@@H](O)[C@@H](O)COCCCCN2C(=O)CN(C)CC2(C)COC2)c1. The van der Waals surface area contributed by atoms with Crippen molar-refractivity contribution >= 4 is 11.8 Å². The van der Waals surface area contributed by atoms with E-state index in [-0.39, 0.29) is 54.8 Å². The summed E-state index contributed by atoms with van der Waals surface area (Å²) in [6, 6.07) is 7.45. The van der Waals surface area contributed by atoms with Crippen molar-refractivity contribution in [3.05, 3.63) is 29.8 Å². The van der Waals surface area contributed by atoms with Crippen LogP contribution in [0.25, 0.3) is 0 Å². The molecule has 2 amide bonds. The summed E-state index contributed by atoms with van der Waals surface area (Å²) >= 11 is 0. The van der Waals surface area contributed by atoms with Crippen LogP contribution in [0, 0.1) is 17.3 Å². The number of amides is 2. The molecule has 2 aliphatic heterocycles. The van der Waals surface area contributed by atoms with Gasteiger partial charge in [-0.25, -0.2) is 0 Å². The van der Waals surface area contributed by atoms with E-state index < -0.39 is 18.3 Å². The minimum absolute atomic E-state index is 0.00929. The molecule has 0 saturated carbocycles. The van der Waals surface area contributed by atoms with Crippen LogP contribution in [0.5, 0.6) is 5.75 Å². The monoisotopic (exact) mass is 621 g/mol. The van der Waals surface area contributed by atoms with Crippen LogP contribution in [-0.2, 0) is 23.8 Å². The molecule has 0 radical (unpaired) electrons. The molecule has 2 N–H and O–H groups in total. The molecule has 1 aromatic carbocycles. The second kappa shape index (κ2) is 16.9. The number of likely N-dealkylation sites (N-methyl/N-ethyl adjacent to an activating group) is 1. The van der Waals surface area contributed by atoms with Gasteiger partial charge in [0, 0.05) is 58.2 Å². The maximum atomic E-state index is 14.3. The summed E-state index contributed by atoms with van der Waals surface area (Å²) in [5.41, 5.74) is 0.965. The molecule has 250 valence electrons. The van der Waals surface area contributed by atoms with Crippen LogP contribution in [0.2, 0.25) is 0 Å². The minimum Gasteiger partial charge on any atom is -0.497 e. The lowest BCUT2D eigenvalue weighted by molar-refractivity contribution is -0.141. The minimum atomic E-state index is -1.24. The number of rotatable bonds is 8. The summed E-state index contributed by atoms with van der Waals surface area (Å²) in [6.45, 7) is 11.5. The quantitative estimate of drug-likeness (QED) is 0.450. The number of benzene rings is 1. The maximum Gasteiger partial charge on any atom is 0.237 e. The van der Waals surface area contributed by atoms with E-state index >= 15 is 0 Å². The van der Waals surface area contributed by atoms with E-state index in [2.05, 4.69) is 25.7 Å². The first-order valence-corrected chi connectivity index (χ1v) is 15.8. The fourth-order valence-corrected chi connectivity index (χ4v) is 6.31. The lowest BCUT2D eigenvalue weighted by Crippen LogP contribution is -2.52. The van der Waals surface area contributed by atoms with Crippen LogP contribution in [0.15, 0.2) is 24.3 Å². The Balaban J connectivity index is 2.06. The van der Waals surface area contributed by atoms with Gasteiger partial charge in [0.15, 0.2) is 0 Å². The van der Waals surface area contributed by atoms with Gasteiger partial charge in [0.1, 0.15) is 24.1 Å². The highest BCUT2D eigenvalue weighted by atomic mass is 16.5. The smallest absolute Gasteiger partial charge is 0.237 e. The van der Waals surface area contributed by atoms with Crippen molar-refractivity contribution in [1.82, 2.24) is 14.7 Å². The first kappa shape index (κ1) is 36.2. The van der Waals surface area contributed by atoms with Gasteiger partial charge in [-0.05, 0) is 43.5 Å². The Morgan fingerprint density at radius 3 is 2.45 bits per heavy atom. The predicted molar refractivity (Wildman–Crippen MR) is 167 cm³/mol. The van der Waals surface area contributed by atoms with Crippen LogP contribution in [0.4, 0.5) is 0 Å². The molecule has 44 heavy (non-hydrogen) atoms. The fourth-order valence-electron chi connectivity index (χ4n) is 6.31.